The van der Waals surface area contributed by atoms with Crippen LogP contribution in [-0.4, -0.2) is 80.4 Å². The predicted octanol–water partition coefficient (Wildman–Crippen LogP) is 1.98. The van der Waals surface area contributed by atoms with E-state index in [4.69, 9.17) is 0 Å². The van der Waals surface area contributed by atoms with Crippen LogP contribution in [-0.2, 0) is 10.0 Å². The zero-order chi connectivity index (χ0) is 21.9. The van der Waals surface area contributed by atoms with Gasteiger partial charge in [-0.1, -0.05) is 6.92 Å². The summed E-state index contributed by atoms with van der Waals surface area (Å²) in [7, 11) is -3.60. The van der Waals surface area contributed by atoms with E-state index in [9.17, 15) is 21.6 Å². The van der Waals surface area contributed by atoms with E-state index >= 15 is 0 Å². The van der Waals surface area contributed by atoms with Gasteiger partial charge < -0.3 is 10.6 Å². The van der Waals surface area contributed by atoms with E-state index in [-0.39, 0.29) is 24.7 Å². The number of aliphatic imine (C=N–C) groups is 1. The van der Waals surface area contributed by atoms with E-state index in [2.05, 4.69) is 41.3 Å². The number of hydrogen-bond donors (Lipinski definition) is 2. The second-order valence-electron chi connectivity index (χ2n) is 8.70. The third-order valence-electron chi connectivity index (χ3n) is 5.85. The number of sulfonamides is 1. The monoisotopic (exact) mass is 441 g/mol. The maximum atomic E-state index is 12.7. The Labute approximate surface area is 172 Å². The molecule has 1 atom stereocenters. The van der Waals surface area contributed by atoms with Gasteiger partial charge >= 0.3 is 15.5 Å². The molecule has 0 aromatic carbocycles. The van der Waals surface area contributed by atoms with E-state index in [1.165, 1.54) is 12.8 Å². The molecule has 2 N–H and O–H groups in total. The molecule has 29 heavy (non-hydrogen) atoms. The molecule has 7 nitrogen and oxygen atoms in total. The molecule has 2 saturated heterocycles. The summed E-state index contributed by atoms with van der Waals surface area (Å²) in [5.41, 5.74) is -5.31. The molecule has 170 valence electrons. The summed E-state index contributed by atoms with van der Waals surface area (Å²) in [6.07, 6.45) is 3.04. The molecule has 0 amide bonds. The quantitative estimate of drug-likeness (QED) is 0.504. The maximum Gasteiger partial charge on any atom is 0.511 e. The van der Waals surface area contributed by atoms with Crippen molar-refractivity contribution >= 4 is 16.0 Å². The minimum Gasteiger partial charge on any atom is -0.355 e. The molecule has 2 fully saturated rings. The average molecular weight is 442 g/mol. The standard InChI is InChI=1S/C18H34F3N5O2S/c1-14-6-5-9-25(12-14)17(2,3)13-23-16(22-4)24-15-7-10-26(11-8-15)29(27,28)18(19,20)21/h14-15H,5-13H2,1-4H3,(H2,22,23,24). The first-order chi connectivity index (χ1) is 13.4. The van der Waals surface area contributed by atoms with Crippen molar-refractivity contribution in [3.63, 3.8) is 0 Å². The maximum absolute atomic E-state index is 12.7. The number of halogens is 3. The van der Waals surface area contributed by atoms with Crippen LogP contribution in [0.25, 0.3) is 0 Å². The number of guanidine groups is 1. The molecule has 0 spiro atoms. The van der Waals surface area contributed by atoms with Gasteiger partial charge in [0.05, 0.1) is 0 Å². The molecular weight excluding hydrogens is 407 g/mol. The zero-order valence-corrected chi connectivity index (χ0v) is 18.5. The van der Waals surface area contributed by atoms with Crippen molar-refractivity contribution in [1.29, 1.82) is 0 Å². The molecule has 0 aromatic heterocycles. The van der Waals surface area contributed by atoms with E-state index in [0.29, 0.717) is 35.6 Å². The van der Waals surface area contributed by atoms with Gasteiger partial charge in [0.2, 0.25) is 0 Å². The summed E-state index contributed by atoms with van der Waals surface area (Å²) in [6, 6.07) is -0.126. The number of likely N-dealkylation sites (tertiary alicyclic amines) is 1. The molecule has 2 aliphatic heterocycles. The van der Waals surface area contributed by atoms with Gasteiger partial charge in [0, 0.05) is 44.8 Å². The summed E-state index contributed by atoms with van der Waals surface area (Å²) in [4.78, 5) is 6.69. The van der Waals surface area contributed by atoms with E-state index in [1.54, 1.807) is 7.05 Å². The Kier molecular flexibility index (Phi) is 7.83. The Hall–Kier alpha value is -1.07. The highest BCUT2D eigenvalue weighted by Gasteiger charge is 2.50. The first kappa shape index (κ1) is 24.2. The van der Waals surface area contributed by atoms with Gasteiger partial charge in [-0.2, -0.15) is 17.5 Å². The first-order valence-corrected chi connectivity index (χ1v) is 11.6. The summed E-state index contributed by atoms with van der Waals surface area (Å²) in [5, 5.41) is 6.54. The van der Waals surface area contributed by atoms with Crippen LogP contribution in [0.3, 0.4) is 0 Å². The molecule has 0 aliphatic carbocycles. The van der Waals surface area contributed by atoms with Gasteiger partial charge in [-0.15, -0.1) is 0 Å². The molecular formula is C18H34F3N5O2S. The summed E-state index contributed by atoms with van der Waals surface area (Å²) in [6.45, 7) is 9.13. The lowest BCUT2D eigenvalue weighted by Crippen LogP contribution is -2.57. The number of alkyl halides is 3. The Balaban J connectivity index is 1.84. The molecule has 2 aliphatic rings. The Morgan fingerprint density at radius 3 is 2.28 bits per heavy atom. The van der Waals surface area contributed by atoms with Gasteiger partial charge in [0.15, 0.2) is 5.96 Å². The average Bonchev–Trinajstić information content (AvgIpc) is 2.64. The Morgan fingerprint density at radius 1 is 1.14 bits per heavy atom. The third-order valence-corrected chi connectivity index (χ3v) is 7.48. The van der Waals surface area contributed by atoms with Crippen molar-refractivity contribution in [2.75, 3.05) is 39.8 Å². The number of piperidine rings is 2. The van der Waals surface area contributed by atoms with Crippen molar-refractivity contribution in [2.45, 2.75) is 63.5 Å². The van der Waals surface area contributed by atoms with E-state index in [1.807, 2.05) is 0 Å². The lowest BCUT2D eigenvalue weighted by molar-refractivity contribution is -0.0494. The lowest BCUT2D eigenvalue weighted by atomic mass is 9.93. The van der Waals surface area contributed by atoms with Crippen molar-refractivity contribution in [3.05, 3.63) is 0 Å². The molecule has 1 unspecified atom stereocenters. The van der Waals surface area contributed by atoms with Gasteiger partial charge in [0.1, 0.15) is 0 Å². The number of nitrogens with zero attached hydrogens (tertiary/aromatic N) is 3. The molecule has 2 rings (SSSR count). The Morgan fingerprint density at radius 2 is 1.76 bits per heavy atom. The summed E-state index contributed by atoms with van der Waals surface area (Å²) < 4.78 is 61.6. The van der Waals surface area contributed by atoms with Gasteiger partial charge in [-0.05, 0) is 52.0 Å². The fourth-order valence-electron chi connectivity index (χ4n) is 3.93. The van der Waals surface area contributed by atoms with Crippen LogP contribution < -0.4 is 10.6 Å². The molecule has 11 heteroatoms. The fraction of sp³-hybridized carbons (Fsp3) is 0.944. The van der Waals surface area contributed by atoms with Crippen molar-refractivity contribution in [3.8, 4) is 0 Å². The van der Waals surface area contributed by atoms with Crippen LogP contribution >= 0.6 is 0 Å². The number of hydrogen-bond acceptors (Lipinski definition) is 4. The number of rotatable bonds is 5. The third kappa shape index (κ3) is 6.21. The lowest BCUT2D eigenvalue weighted by Gasteiger charge is -2.43. The minimum atomic E-state index is -5.25. The largest absolute Gasteiger partial charge is 0.511 e. The second-order valence-corrected chi connectivity index (χ2v) is 10.6. The van der Waals surface area contributed by atoms with Crippen LogP contribution in [0.2, 0.25) is 0 Å². The highest BCUT2D eigenvalue weighted by molar-refractivity contribution is 7.90. The minimum absolute atomic E-state index is 0.0591. The van der Waals surface area contributed by atoms with Crippen LogP contribution in [0.5, 0.6) is 0 Å². The molecule has 0 radical (unpaired) electrons. The van der Waals surface area contributed by atoms with Crippen molar-refractivity contribution in [2.24, 2.45) is 10.9 Å². The summed E-state index contributed by atoms with van der Waals surface area (Å²) >= 11 is 0. The van der Waals surface area contributed by atoms with Crippen LogP contribution in [0.4, 0.5) is 13.2 Å². The second kappa shape index (κ2) is 9.38. The molecule has 0 aromatic rings. The Bertz CT molecular complexity index is 673. The SMILES string of the molecule is CN=C(NCC(C)(C)N1CCCC(C)C1)NC1CCN(S(=O)(=O)C(F)(F)F)CC1. The molecule has 2 heterocycles. The molecule has 0 bridgehead atoms. The topological polar surface area (TPSA) is 77.0 Å². The van der Waals surface area contributed by atoms with Crippen LogP contribution in [0.1, 0.15) is 46.5 Å². The smallest absolute Gasteiger partial charge is 0.355 e. The van der Waals surface area contributed by atoms with Gasteiger partial charge in [-0.3, -0.25) is 9.89 Å². The fourth-order valence-corrected chi connectivity index (χ4v) is 4.91. The zero-order valence-electron chi connectivity index (χ0n) is 17.7. The van der Waals surface area contributed by atoms with Crippen molar-refractivity contribution < 1.29 is 21.6 Å². The normalized spacial score (nSPS) is 24.5. The highest BCUT2D eigenvalue weighted by atomic mass is 32.2. The van der Waals surface area contributed by atoms with Crippen molar-refractivity contribution in [1.82, 2.24) is 19.8 Å². The summed E-state index contributed by atoms with van der Waals surface area (Å²) in [5.74, 6) is 1.26. The van der Waals surface area contributed by atoms with Crippen LogP contribution in [0, 0.1) is 5.92 Å². The molecule has 0 saturated carbocycles. The first-order valence-electron chi connectivity index (χ1n) is 10.2. The van der Waals surface area contributed by atoms with Crippen LogP contribution in [0.15, 0.2) is 4.99 Å². The van der Waals surface area contributed by atoms with Gasteiger partial charge in [-0.25, -0.2) is 8.42 Å². The van der Waals surface area contributed by atoms with E-state index in [0.717, 1.165) is 13.1 Å². The highest BCUT2D eigenvalue weighted by Crippen LogP contribution is 2.29. The predicted molar refractivity (Wildman–Crippen MR) is 108 cm³/mol. The number of nitrogens with one attached hydrogen (secondary N) is 2. The van der Waals surface area contributed by atoms with Gasteiger partial charge in [0.25, 0.3) is 0 Å². The van der Waals surface area contributed by atoms with E-state index < -0.39 is 15.5 Å².